The lowest BCUT2D eigenvalue weighted by Crippen LogP contribution is -2.40. The Morgan fingerprint density at radius 3 is 2.24 bits per heavy atom. The second kappa shape index (κ2) is 6.75. The van der Waals surface area contributed by atoms with Gasteiger partial charge in [-0.25, -0.2) is 0 Å². The molecule has 0 spiro atoms. The number of aliphatic hydroxyl groups is 1. The third kappa shape index (κ3) is 3.95. The standard InChI is InChI=1S/C14H24ClN5O/c1-4-20(5-2)13-17-11(15)16-12(18-13)19(3)10-14(21)8-6-7-9-14/h21H,4-10H2,1-3H3. The van der Waals surface area contributed by atoms with E-state index < -0.39 is 5.60 Å². The Hall–Kier alpha value is -1.14. The first-order valence-electron chi connectivity index (χ1n) is 7.57. The van der Waals surface area contributed by atoms with Crippen molar-refractivity contribution in [1.29, 1.82) is 0 Å². The fourth-order valence-electron chi connectivity index (χ4n) is 2.85. The molecule has 1 heterocycles. The van der Waals surface area contributed by atoms with Gasteiger partial charge in [-0.05, 0) is 38.3 Å². The molecule has 0 aliphatic heterocycles. The van der Waals surface area contributed by atoms with E-state index in [1.54, 1.807) is 0 Å². The van der Waals surface area contributed by atoms with Crippen LogP contribution in [0.2, 0.25) is 5.28 Å². The monoisotopic (exact) mass is 313 g/mol. The van der Waals surface area contributed by atoms with E-state index in [9.17, 15) is 5.11 Å². The minimum Gasteiger partial charge on any atom is -0.388 e. The van der Waals surface area contributed by atoms with Crippen LogP contribution in [0.15, 0.2) is 0 Å². The molecular weight excluding hydrogens is 290 g/mol. The van der Waals surface area contributed by atoms with E-state index in [0.717, 1.165) is 38.8 Å². The molecule has 2 rings (SSSR count). The van der Waals surface area contributed by atoms with Gasteiger partial charge in [0, 0.05) is 26.7 Å². The molecule has 7 heteroatoms. The number of halogens is 1. The zero-order chi connectivity index (χ0) is 15.5. The van der Waals surface area contributed by atoms with Gasteiger partial charge in [-0.15, -0.1) is 0 Å². The second-order valence-electron chi connectivity index (χ2n) is 5.66. The number of anilines is 2. The van der Waals surface area contributed by atoms with Crippen molar-refractivity contribution in [1.82, 2.24) is 15.0 Å². The second-order valence-corrected chi connectivity index (χ2v) is 6.00. The van der Waals surface area contributed by atoms with Crippen molar-refractivity contribution in [3.8, 4) is 0 Å². The molecule has 0 radical (unpaired) electrons. The first-order chi connectivity index (χ1) is 9.97. The molecule has 1 fully saturated rings. The van der Waals surface area contributed by atoms with Crippen LogP contribution in [-0.4, -0.2) is 52.3 Å². The highest BCUT2D eigenvalue weighted by atomic mass is 35.5. The predicted molar refractivity (Wildman–Crippen MR) is 85.1 cm³/mol. The zero-order valence-electron chi connectivity index (χ0n) is 13.0. The summed E-state index contributed by atoms with van der Waals surface area (Å²) in [5.74, 6) is 1.09. The minimum atomic E-state index is -0.636. The van der Waals surface area contributed by atoms with Crippen LogP contribution >= 0.6 is 11.6 Å². The van der Waals surface area contributed by atoms with E-state index in [-0.39, 0.29) is 5.28 Å². The van der Waals surface area contributed by atoms with Crippen LogP contribution in [0.5, 0.6) is 0 Å². The summed E-state index contributed by atoms with van der Waals surface area (Å²) >= 11 is 6.03. The molecule has 6 nitrogen and oxygen atoms in total. The highest BCUT2D eigenvalue weighted by Crippen LogP contribution is 2.30. The average Bonchev–Trinajstić information content (AvgIpc) is 2.86. The lowest BCUT2D eigenvalue weighted by atomic mass is 10.0. The molecule has 1 aliphatic carbocycles. The highest BCUT2D eigenvalue weighted by molar-refractivity contribution is 6.28. The summed E-state index contributed by atoms with van der Waals surface area (Å²) in [4.78, 5) is 16.7. The van der Waals surface area contributed by atoms with Crippen molar-refractivity contribution in [3.05, 3.63) is 5.28 Å². The molecule has 0 unspecified atom stereocenters. The first-order valence-corrected chi connectivity index (χ1v) is 7.95. The van der Waals surface area contributed by atoms with Crippen molar-refractivity contribution >= 4 is 23.5 Å². The number of nitrogens with zero attached hydrogens (tertiary/aromatic N) is 5. The normalized spacial score (nSPS) is 17.0. The van der Waals surface area contributed by atoms with Gasteiger partial charge in [-0.1, -0.05) is 12.8 Å². The lowest BCUT2D eigenvalue weighted by molar-refractivity contribution is 0.0556. The summed E-state index contributed by atoms with van der Waals surface area (Å²) in [5.41, 5.74) is -0.636. The van der Waals surface area contributed by atoms with Gasteiger partial charge in [0.15, 0.2) is 0 Å². The largest absolute Gasteiger partial charge is 0.388 e. The Morgan fingerprint density at radius 2 is 1.67 bits per heavy atom. The quantitative estimate of drug-likeness (QED) is 0.867. The van der Waals surface area contributed by atoms with E-state index in [2.05, 4.69) is 15.0 Å². The summed E-state index contributed by atoms with van der Waals surface area (Å²) in [7, 11) is 1.88. The van der Waals surface area contributed by atoms with Crippen molar-refractivity contribution in [2.75, 3.05) is 36.5 Å². The van der Waals surface area contributed by atoms with Crippen LogP contribution in [0.1, 0.15) is 39.5 Å². The summed E-state index contributed by atoms with van der Waals surface area (Å²) in [6, 6.07) is 0. The molecule has 21 heavy (non-hydrogen) atoms. The van der Waals surface area contributed by atoms with Crippen molar-refractivity contribution in [3.63, 3.8) is 0 Å². The summed E-state index contributed by atoms with van der Waals surface area (Å²) < 4.78 is 0. The third-order valence-electron chi connectivity index (χ3n) is 4.04. The van der Waals surface area contributed by atoms with Crippen molar-refractivity contribution in [2.24, 2.45) is 0 Å². The molecule has 1 aromatic rings. The molecule has 1 N–H and O–H groups in total. The fourth-order valence-corrected chi connectivity index (χ4v) is 3.00. The molecule has 0 atom stereocenters. The lowest BCUT2D eigenvalue weighted by Gasteiger charge is -2.29. The van der Waals surface area contributed by atoms with Gasteiger partial charge in [0.1, 0.15) is 0 Å². The SMILES string of the molecule is CCN(CC)c1nc(Cl)nc(N(C)CC2(O)CCCC2)n1. The molecule has 1 saturated carbocycles. The van der Waals surface area contributed by atoms with Crippen molar-refractivity contribution < 1.29 is 5.11 Å². The minimum absolute atomic E-state index is 0.187. The maximum atomic E-state index is 10.5. The van der Waals surface area contributed by atoms with E-state index in [4.69, 9.17) is 11.6 Å². The van der Waals surface area contributed by atoms with E-state index in [0.29, 0.717) is 18.4 Å². The number of hydrogen-bond acceptors (Lipinski definition) is 6. The molecule has 1 aliphatic rings. The van der Waals surface area contributed by atoms with Crippen LogP contribution in [0, 0.1) is 0 Å². The van der Waals surface area contributed by atoms with Crippen LogP contribution in [-0.2, 0) is 0 Å². The summed E-state index contributed by atoms with van der Waals surface area (Å²) in [6.45, 7) is 6.23. The predicted octanol–water partition coefficient (Wildman–Crippen LogP) is 2.11. The Bertz CT molecular complexity index is 474. The summed E-state index contributed by atoms with van der Waals surface area (Å²) in [6.07, 6.45) is 3.82. The molecular formula is C14H24ClN5O. The van der Waals surface area contributed by atoms with E-state index >= 15 is 0 Å². The smallest absolute Gasteiger partial charge is 0.231 e. The van der Waals surface area contributed by atoms with Crippen LogP contribution in [0.3, 0.4) is 0 Å². The topological polar surface area (TPSA) is 65.4 Å². The number of hydrogen-bond donors (Lipinski definition) is 1. The van der Waals surface area contributed by atoms with Gasteiger partial charge < -0.3 is 14.9 Å². The summed E-state index contributed by atoms with van der Waals surface area (Å²) in [5, 5.41) is 10.7. The maximum Gasteiger partial charge on any atom is 0.231 e. The molecule has 118 valence electrons. The maximum absolute atomic E-state index is 10.5. The van der Waals surface area contributed by atoms with Crippen LogP contribution < -0.4 is 9.80 Å². The van der Waals surface area contributed by atoms with Gasteiger partial charge in [-0.2, -0.15) is 15.0 Å². The number of rotatable bonds is 6. The Balaban J connectivity index is 2.18. The fraction of sp³-hybridized carbons (Fsp3) is 0.786. The van der Waals surface area contributed by atoms with Gasteiger partial charge in [-0.3, -0.25) is 0 Å². The Morgan fingerprint density at radius 1 is 1.10 bits per heavy atom. The number of likely N-dealkylation sites (N-methyl/N-ethyl adjacent to an activating group) is 1. The van der Waals surface area contributed by atoms with Gasteiger partial charge >= 0.3 is 0 Å². The van der Waals surface area contributed by atoms with E-state index in [1.165, 1.54) is 0 Å². The van der Waals surface area contributed by atoms with E-state index in [1.807, 2.05) is 30.7 Å². The molecule has 0 aromatic carbocycles. The average molecular weight is 314 g/mol. The molecule has 1 aromatic heterocycles. The third-order valence-corrected chi connectivity index (χ3v) is 4.21. The Kier molecular flexibility index (Phi) is 5.22. The highest BCUT2D eigenvalue weighted by Gasteiger charge is 2.33. The molecule has 0 amide bonds. The first kappa shape index (κ1) is 16.2. The number of aromatic nitrogens is 3. The molecule has 0 saturated heterocycles. The van der Waals surface area contributed by atoms with Gasteiger partial charge in [0.05, 0.1) is 5.60 Å². The van der Waals surface area contributed by atoms with Crippen molar-refractivity contribution in [2.45, 2.75) is 45.1 Å². The Labute approximate surface area is 131 Å². The zero-order valence-corrected chi connectivity index (χ0v) is 13.8. The van der Waals surface area contributed by atoms with Crippen LogP contribution in [0.4, 0.5) is 11.9 Å². The van der Waals surface area contributed by atoms with Gasteiger partial charge in [0.2, 0.25) is 17.2 Å². The molecule has 0 bridgehead atoms. The van der Waals surface area contributed by atoms with Crippen LogP contribution in [0.25, 0.3) is 0 Å². The van der Waals surface area contributed by atoms with Gasteiger partial charge in [0.25, 0.3) is 0 Å².